The summed E-state index contributed by atoms with van der Waals surface area (Å²) in [5, 5.41) is 17.2. The quantitative estimate of drug-likeness (QED) is 0.623. The molecule has 1 aliphatic rings. The Morgan fingerprint density at radius 3 is 2.64 bits per heavy atom. The van der Waals surface area contributed by atoms with E-state index in [4.69, 9.17) is 5.73 Å². The number of nitrogen functional groups attached to an aromatic ring is 1. The number of benzene rings is 1. The molecule has 0 aliphatic heterocycles. The Morgan fingerprint density at radius 1 is 1.14 bits per heavy atom. The highest BCUT2D eigenvalue weighted by molar-refractivity contribution is 5.82. The highest BCUT2D eigenvalue weighted by Gasteiger charge is 2.21. The van der Waals surface area contributed by atoms with E-state index in [-0.39, 0.29) is 0 Å². The molecule has 0 radical (unpaired) electrons. The second-order valence-electron chi connectivity index (χ2n) is 5.27. The summed E-state index contributed by atoms with van der Waals surface area (Å²) in [4.78, 5) is 8.73. The van der Waals surface area contributed by atoms with Crippen molar-refractivity contribution in [3.05, 3.63) is 30.6 Å². The fourth-order valence-electron chi connectivity index (χ4n) is 2.23. The number of nitrogens with two attached hydrogens (primary N) is 1. The Hall–Kier alpha value is -3.03. The van der Waals surface area contributed by atoms with Gasteiger partial charge in [-0.05, 0) is 41.0 Å². The number of H-pyrrole nitrogens is 1. The van der Waals surface area contributed by atoms with E-state index in [1.54, 1.807) is 12.4 Å². The number of hydrogen-bond donors (Lipinski definition) is 3. The van der Waals surface area contributed by atoms with Crippen LogP contribution in [0.15, 0.2) is 30.6 Å². The third-order valence-corrected chi connectivity index (χ3v) is 3.52. The Morgan fingerprint density at radius 2 is 1.95 bits per heavy atom. The van der Waals surface area contributed by atoms with E-state index in [0.29, 0.717) is 23.5 Å². The van der Waals surface area contributed by atoms with Crippen molar-refractivity contribution in [3.63, 3.8) is 0 Å². The second-order valence-corrected chi connectivity index (χ2v) is 5.27. The molecule has 0 saturated heterocycles. The number of aromatic amines is 1. The summed E-state index contributed by atoms with van der Waals surface area (Å²) in [6, 6.07) is 6.10. The third-order valence-electron chi connectivity index (χ3n) is 3.52. The van der Waals surface area contributed by atoms with Crippen molar-refractivity contribution in [1.82, 2.24) is 30.6 Å². The van der Waals surface area contributed by atoms with Gasteiger partial charge in [-0.1, -0.05) is 6.07 Å². The van der Waals surface area contributed by atoms with Crippen LogP contribution in [0.5, 0.6) is 0 Å². The van der Waals surface area contributed by atoms with Gasteiger partial charge in [0.1, 0.15) is 0 Å². The zero-order valence-electron chi connectivity index (χ0n) is 11.7. The lowest BCUT2D eigenvalue weighted by molar-refractivity contribution is 0.881. The van der Waals surface area contributed by atoms with Crippen molar-refractivity contribution >= 4 is 11.6 Å². The maximum absolute atomic E-state index is 5.87. The molecule has 8 nitrogen and oxygen atoms in total. The molecule has 22 heavy (non-hydrogen) atoms. The average molecular weight is 294 g/mol. The molecule has 0 spiro atoms. The summed E-state index contributed by atoms with van der Waals surface area (Å²) in [6.45, 7) is 0. The number of tetrazole rings is 1. The van der Waals surface area contributed by atoms with Crippen LogP contribution in [0.4, 0.5) is 11.6 Å². The maximum atomic E-state index is 5.87. The Bertz CT molecular complexity index is 777. The van der Waals surface area contributed by atoms with Crippen LogP contribution in [0.2, 0.25) is 0 Å². The van der Waals surface area contributed by atoms with Crippen LogP contribution >= 0.6 is 0 Å². The van der Waals surface area contributed by atoms with Gasteiger partial charge in [-0.2, -0.15) is 0 Å². The molecule has 0 atom stereocenters. The van der Waals surface area contributed by atoms with Gasteiger partial charge in [0.2, 0.25) is 5.95 Å². The van der Waals surface area contributed by atoms with Crippen LogP contribution in [0, 0.1) is 0 Å². The smallest absolute Gasteiger partial charge is 0.222 e. The van der Waals surface area contributed by atoms with Crippen LogP contribution in [0.3, 0.4) is 0 Å². The molecule has 4 rings (SSSR count). The van der Waals surface area contributed by atoms with E-state index in [9.17, 15) is 0 Å². The molecule has 3 aromatic rings. The number of hydrogen-bond acceptors (Lipinski definition) is 7. The van der Waals surface area contributed by atoms with Gasteiger partial charge in [0, 0.05) is 35.2 Å². The minimum absolute atomic E-state index is 0.526. The van der Waals surface area contributed by atoms with Gasteiger partial charge in [-0.3, -0.25) is 0 Å². The van der Waals surface area contributed by atoms with E-state index in [1.807, 2.05) is 18.2 Å². The molecule has 8 heteroatoms. The molecular formula is C14H14N8. The summed E-state index contributed by atoms with van der Waals surface area (Å²) in [5.41, 5.74) is 9.14. The lowest BCUT2D eigenvalue weighted by Gasteiger charge is -2.09. The van der Waals surface area contributed by atoms with E-state index < -0.39 is 0 Å². The normalized spacial score (nSPS) is 14.0. The molecule has 0 unspecified atom stereocenters. The fraction of sp³-hybridized carbons (Fsp3) is 0.214. The zero-order valence-corrected chi connectivity index (χ0v) is 11.7. The van der Waals surface area contributed by atoms with Gasteiger partial charge in [0.05, 0.1) is 0 Å². The number of aromatic nitrogens is 6. The van der Waals surface area contributed by atoms with Crippen LogP contribution in [0.25, 0.3) is 22.5 Å². The molecule has 1 fully saturated rings. The van der Waals surface area contributed by atoms with Crippen LogP contribution in [-0.4, -0.2) is 36.6 Å². The lowest BCUT2D eigenvalue weighted by Crippen LogP contribution is -2.04. The second kappa shape index (κ2) is 5.06. The largest absolute Gasteiger partial charge is 0.399 e. The highest BCUT2D eigenvalue weighted by atomic mass is 15.5. The first kappa shape index (κ1) is 12.7. The van der Waals surface area contributed by atoms with Gasteiger partial charge in [-0.25, -0.2) is 15.1 Å². The van der Waals surface area contributed by atoms with Crippen LogP contribution in [0.1, 0.15) is 12.8 Å². The summed E-state index contributed by atoms with van der Waals surface area (Å²) in [5.74, 6) is 1.21. The minimum Gasteiger partial charge on any atom is -0.399 e. The average Bonchev–Trinajstić information content (AvgIpc) is 3.18. The molecule has 1 saturated carbocycles. The number of anilines is 2. The third kappa shape index (κ3) is 2.46. The van der Waals surface area contributed by atoms with Crippen molar-refractivity contribution in [3.8, 4) is 22.5 Å². The number of nitrogens with zero attached hydrogens (tertiary/aromatic N) is 5. The molecule has 0 amide bonds. The van der Waals surface area contributed by atoms with E-state index in [1.165, 1.54) is 12.8 Å². The number of nitrogens with one attached hydrogen (secondary N) is 2. The molecular weight excluding hydrogens is 280 g/mol. The molecule has 2 aromatic heterocycles. The van der Waals surface area contributed by atoms with Crippen LogP contribution < -0.4 is 11.1 Å². The van der Waals surface area contributed by atoms with Crippen molar-refractivity contribution in [1.29, 1.82) is 0 Å². The SMILES string of the molecule is Nc1ccc(-c2cnc(NC3CC3)nc2)c(-c2nnn[nH]2)c1. The van der Waals surface area contributed by atoms with Crippen LogP contribution in [-0.2, 0) is 0 Å². The van der Waals surface area contributed by atoms with E-state index in [0.717, 1.165) is 16.7 Å². The first-order valence-corrected chi connectivity index (χ1v) is 7.02. The van der Waals surface area contributed by atoms with Gasteiger partial charge in [-0.15, -0.1) is 5.10 Å². The topological polar surface area (TPSA) is 118 Å². The Labute approximate surface area is 126 Å². The first-order chi connectivity index (χ1) is 10.8. The van der Waals surface area contributed by atoms with Gasteiger partial charge >= 0.3 is 0 Å². The highest BCUT2D eigenvalue weighted by Crippen LogP contribution is 2.31. The summed E-state index contributed by atoms with van der Waals surface area (Å²) >= 11 is 0. The van der Waals surface area contributed by atoms with Gasteiger partial charge in [0.25, 0.3) is 0 Å². The lowest BCUT2D eigenvalue weighted by atomic mass is 10.0. The first-order valence-electron chi connectivity index (χ1n) is 7.02. The molecule has 110 valence electrons. The molecule has 0 bridgehead atoms. The monoisotopic (exact) mass is 294 g/mol. The molecule has 1 aromatic carbocycles. The Balaban J connectivity index is 1.72. The summed E-state index contributed by atoms with van der Waals surface area (Å²) in [6.07, 6.45) is 5.95. The zero-order chi connectivity index (χ0) is 14.9. The maximum Gasteiger partial charge on any atom is 0.222 e. The van der Waals surface area contributed by atoms with E-state index >= 15 is 0 Å². The van der Waals surface area contributed by atoms with Crippen molar-refractivity contribution in [2.45, 2.75) is 18.9 Å². The van der Waals surface area contributed by atoms with Crippen molar-refractivity contribution < 1.29 is 0 Å². The fourth-order valence-corrected chi connectivity index (χ4v) is 2.23. The summed E-state index contributed by atoms with van der Waals surface area (Å²) < 4.78 is 0. The van der Waals surface area contributed by atoms with Crippen molar-refractivity contribution in [2.75, 3.05) is 11.1 Å². The predicted molar refractivity (Wildman–Crippen MR) is 81.7 cm³/mol. The van der Waals surface area contributed by atoms with Crippen molar-refractivity contribution in [2.24, 2.45) is 0 Å². The summed E-state index contributed by atoms with van der Waals surface area (Å²) in [7, 11) is 0. The Kier molecular flexibility index (Phi) is 2.92. The standard InChI is InChI=1S/C14H14N8/c15-9-1-4-11(12(5-9)13-19-21-22-20-13)8-6-16-14(17-7-8)18-10-2-3-10/h1,4-7,10H,2-3,15H2,(H,16,17,18)(H,19,20,21,22). The molecule has 2 heterocycles. The van der Waals surface area contributed by atoms with Gasteiger partial charge in [0.15, 0.2) is 5.82 Å². The minimum atomic E-state index is 0.526. The molecule has 4 N–H and O–H groups in total. The number of rotatable bonds is 4. The van der Waals surface area contributed by atoms with E-state index in [2.05, 4.69) is 35.9 Å². The molecule has 1 aliphatic carbocycles. The van der Waals surface area contributed by atoms with Gasteiger partial charge < -0.3 is 11.1 Å². The predicted octanol–water partition coefficient (Wildman–Crippen LogP) is 1.48.